The number of rotatable bonds is 6. The lowest BCUT2D eigenvalue weighted by Gasteiger charge is -2.37. The van der Waals surface area contributed by atoms with Gasteiger partial charge >= 0.3 is 0 Å². The first-order valence-electron chi connectivity index (χ1n) is 8.00. The highest BCUT2D eigenvalue weighted by Gasteiger charge is 2.25. The van der Waals surface area contributed by atoms with Gasteiger partial charge in [0.05, 0.1) is 0 Å². The normalized spacial score (nSPS) is 19.9. The molecule has 0 aromatic carbocycles. The van der Waals surface area contributed by atoms with Gasteiger partial charge in [0.15, 0.2) is 0 Å². The number of amides is 1. The number of carbonyl (C=O) groups is 1. The second kappa shape index (κ2) is 7.99. The van der Waals surface area contributed by atoms with Gasteiger partial charge in [0.25, 0.3) is 0 Å². The van der Waals surface area contributed by atoms with E-state index in [1.54, 1.807) is 0 Å². The molecule has 0 aliphatic carbocycles. The molecule has 0 spiro atoms. The lowest BCUT2D eigenvalue weighted by molar-refractivity contribution is -0.125. The Morgan fingerprint density at radius 3 is 2.20 bits per heavy atom. The average molecular weight is 285 g/mol. The van der Waals surface area contributed by atoms with Crippen LogP contribution < -0.4 is 5.32 Å². The van der Waals surface area contributed by atoms with Crippen LogP contribution in [0.3, 0.4) is 0 Å². The monoisotopic (exact) mass is 285 g/mol. The molecule has 1 heterocycles. The highest BCUT2D eigenvalue weighted by Crippen LogP contribution is 2.16. The number of likely N-dealkylation sites (tertiary alicyclic amines) is 1. The lowest BCUT2D eigenvalue weighted by Crippen LogP contribution is -2.51. The van der Waals surface area contributed by atoms with E-state index in [1.807, 2.05) is 13.8 Å². The number of nitrogens with one attached hydrogen (secondary N) is 1. The van der Waals surface area contributed by atoms with Crippen molar-refractivity contribution in [1.82, 2.24) is 15.1 Å². The zero-order valence-corrected chi connectivity index (χ0v) is 14.1. The van der Waals surface area contributed by atoms with E-state index in [2.05, 4.69) is 43.1 Å². The Bertz CT molecular complexity index is 300. The van der Waals surface area contributed by atoms with Gasteiger partial charge in [-0.05, 0) is 45.9 Å². The molecule has 4 nitrogen and oxygen atoms in total. The van der Waals surface area contributed by atoms with Crippen LogP contribution in [0.2, 0.25) is 0 Å². The highest BCUT2D eigenvalue weighted by atomic mass is 16.1. The molecular formula is C16H35N3O. The maximum absolute atomic E-state index is 11.9. The van der Waals surface area contributed by atoms with Crippen molar-refractivity contribution in [3.05, 3.63) is 0 Å². The summed E-state index contributed by atoms with van der Waals surface area (Å²) >= 11 is 0. The van der Waals surface area contributed by atoms with Crippen LogP contribution in [0.5, 0.6) is 0 Å². The smallest absolute Gasteiger partial charge is 0.222 e. The van der Waals surface area contributed by atoms with Crippen LogP contribution in [-0.2, 0) is 4.79 Å². The Kier molecular flexibility index (Phi) is 6.96. The number of nitrogens with zero attached hydrogens (tertiary/aromatic N) is 2. The van der Waals surface area contributed by atoms with E-state index in [0.717, 1.165) is 19.6 Å². The second-order valence-electron chi connectivity index (χ2n) is 7.01. The molecule has 0 bridgehead atoms. The van der Waals surface area contributed by atoms with Crippen molar-refractivity contribution >= 4 is 5.91 Å². The zero-order valence-electron chi connectivity index (χ0n) is 14.1. The van der Waals surface area contributed by atoms with Crippen LogP contribution in [0.15, 0.2) is 0 Å². The minimum atomic E-state index is 0. The van der Waals surface area contributed by atoms with Crippen LogP contribution in [0.1, 0.15) is 42.0 Å². The van der Waals surface area contributed by atoms with Gasteiger partial charge in [0.1, 0.15) is 0 Å². The number of hydrogen-bond donors (Lipinski definition) is 1. The van der Waals surface area contributed by atoms with E-state index in [9.17, 15) is 4.79 Å². The molecule has 4 heteroatoms. The molecule has 1 fully saturated rings. The Balaban J connectivity index is 0.00000400. The molecule has 1 aliphatic heterocycles. The maximum Gasteiger partial charge on any atom is 0.222 e. The quantitative estimate of drug-likeness (QED) is 0.811. The van der Waals surface area contributed by atoms with E-state index >= 15 is 0 Å². The molecule has 1 aliphatic rings. The summed E-state index contributed by atoms with van der Waals surface area (Å²) in [5, 5.41) is 3.21. The van der Waals surface area contributed by atoms with Crippen molar-refractivity contribution < 1.29 is 6.22 Å². The van der Waals surface area contributed by atoms with Crippen molar-refractivity contribution in [2.24, 2.45) is 11.8 Å². The molecule has 1 saturated heterocycles. The van der Waals surface area contributed by atoms with E-state index in [0.29, 0.717) is 12.0 Å². The molecule has 1 N–H and O–H groups in total. The standard InChI is InChI=1S/C16H33N3O.H2/c1-12(2)15(17-16(20)13(3)4)11-19-9-7-14(8-10-19)18(5)6;/h12-15H,7-11H2,1-6H3,(H,17,20);1H/t15-;/m1./s1. The number of carbonyl (C=O) groups excluding carboxylic acids is 1. The fourth-order valence-corrected chi connectivity index (χ4v) is 2.67. The lowest BCUT2D eigenvalue weighted by atomic mass is 9.99. The second-order valence-corrected chi connectivity index (χ2v) is 7.01. The minimum absolute atomic E-state index is 0. The van der Waals surface area contributed by atoms with Gasteiger partial charge in [0, 0.05) is 26.0 Å². The molecule has 20 heavy (non-hydrogen) atoms. The summed E-state index contributed by atoms with van der Waals surface area (Å²) in [4.78, 5) is 16.7. The van der Waals surface area contributed by atoms with Crippen molar-refractivity contribution in [2.45, 2.75) is 52.6 Å². The highest BCUT2D eigenvalue weighted by molar-refractivity contribution is 5.78. The van der Waals surface area contributed by atoms with Gasteiger partial charge in [-0.15, -0.1) is 0 Å². The Morgan fingerprint density at radius 2 is 1.80 bits per heavy atom. The van der Waals surface area contributed by atoms with E-state index in [4.69, 9.17) is 0 Å². The van der Waals surface area contributed by atoms with Gasteiger partial charge in [-0.1, -0.05) is 27.7 Å². The van der Waals surface area contributed by atoms with Crippen molar-refractivity contribution in [3.63, 3.8) is 0 Å². The van der Waals surface area contributed by atoms with Gasteiger partial charge in [0.2, 0.25) is 5.91 Å². The van der Waals surface area contributed by atoms with Crippen LogP contribution in [0.25, 0.3) is 0 Å². The van der Waals surface area contributed by atoms with E-state index in [-0.39, 0.29) is 19.3 Å². The maximum atomic E-state index is 11.9. The molecular weight excluding hydrogens is 250 g/mol. The zero-order chi connectivity index (χ0) is 15.3. The van der Waals surface area contributed by atoms with Crippen molar-refractivity contribution in [3.8, 4) is 0 Å². The molecule has 0 saturated carbocycles. The summed E-state index contributed by atoms with van der Waals surface area (Å²) in [6.45, 7) is 11.6. The number of piperidine rings is 1. The molecule has 0 aromatic heterocycles. The van der Waals surface area contributed by atoms with Gasteiger partial charge in [-0.3, -0.25) is 4.79 Å². The summed E-state index contributed by atoms with van der Waals surface area (Å²) in [5.41, 5.74) is 0. The van der Waals surface area contributed by atoms with Crippen molar-refractivity contribution in [2.75, 3.05) is 33.7 Å². The predicted molar refractivity (Wildman–Crippen MR) is 86.9 cm³/mol. The fourth-order valence-electron chi connectivity index (χ4n) is 2.67. The predicted octanol–water partition coefficient (Wildman–Crippen LogP) is 2.06. The first-order valence-corrected chi connectivity index (χ1v) is 8.00. The molecule has 1 amide bonds. The van der Waals surface area contributed by atoms with Gasteiger partial charge in [-0.2, -0.15) is 0 Å². The third-order valence-corrected chi connectivity index (χ3v) is 4.40. The molecule has 0 aromatic rings. The molecule has 120 valence electrons. The molecule has 1 rings (SSSR count). The largest absolute Gasteiger partial charge is 0.352 e. The van der Waals surface area contributed by atoms with Crippen LogP contribution in [0, 0.1) is 11.8 Å². The third kappa shape index (κ3) is 5.41. The first kappa shape index (κ1) is 17.4. The first-order chi connectivity index (χ1) is 9.31. The SMILES string of the molecule is CC(C)C(=O)N[C@H](CN1CCC(N(C)C)CC1)C(C)C.[HH]. The molecule has 0 unspecified atom stereocenters. The summed E-state index contributed by atoms with van der Waals surface area (Å²) in [6.07, 6.45) is 2.46. The summed E-state index contributed by atoms with van der Waals surface area (Å²) in [6, 6.07) is 0.981. The average Bonchev–Trinajstić information content (AvgIpc) is 2.38. The fraction of sp³-hybridized carbons (Fsp3) is 0.938. The summed E-state index contributed by atoms with van der Waals surface area (Å²) in [5.74, 6) is 0.715. The summed E-state index contributed by atoms with van der Waals surface area (Å²) < 4.78 is 0. The Hall–Kier alpha value is -0.610. The molecule has 1 atom stereocenters. The van der Waals surface area contributed by atoms with Crippen LogP contribution in [-0.4, -0.2) is 61.5 Å². The van der Waals surface area contributed by atoms with E-state index < -0.39 is 0 Å². The Labute approximate surface area is 126 Å². The van der Waals surface area contributed by atoms with Crippen LogP contribution in [0.4, 0.5) is 0 Å². The van der Waals surface area contributed by atoms with Crippen LogP contribution >= 0.6 is 0 Å². The minimum Gasteiger partial charge on any atom is -0.352 e. The van der Waals surface area contributed by atoms with Crippen molar-refractivity contribution in [1.29, 1.82) is 0 Å². The number of hydrogen-bond acceptors (Lipinski definition) is 3. The van der Waals surface area contributed by atoms with Gasteiger partial charge < -0.3 is 15.1 Å². The third-order valence-electron chi connectivity index (χ3n) is 4.40. The molecule has 0 radical (unpaired) electrons. The van der Waals surface area contributed by atoms with Gasteiger partial charge in [-0.25, -0.2) is 0 Å². The van der Waals surface area contributed by atoms with E-state index in [1.165, 1.54) is 12.8 Å². The topological polar surface area (TPSA) is 35.6 Å². The summed E-state index contributed by atoms with van der Waals surface area (Å²) in [7, 11) is 4.33. The Morgan fingerprint density at radius 1 is 1.25 bits per heavy atom.